The number of aromatic nitrogens is 1. The van der Waals surface area contributed by atoms with Gasteiger partial charge in [-0.05, 0) is 53.3 Å². The quantitative estimate of drug-likeness (QED) is 0.215. The molecule has 0 bridgehead atoms. The Labute approximate surface area is 220 Å². The number of fused-ring (bicyclic) bond motifs is 1. The van der Waals surface area contributed by atoms with Crippen LogP contribution < -0.4 is 15.4 Å². The zero-order valence-corrected chi connectivity index (χ0v) is 22.3. The fourth-order valence-electron chi connectivity index (χ4n) is 4.18. The van der Waals surface area contributed by atoms with Gasteiger partial charge in [0.1, 0.15) is 0 Å². The summed E-state index contributed by atoms with van der Waals surface area (Å²) in [4.78, 5) is 4.61. The van der Waals surface area contributed by atoms with E-state index in [9.17, 15) is 5.11 Å². The predicted octanol–water partition coefficient (Wildman–Crippen LogP) is 6.93. The highest BCUT2D eigenvalue weighted by molar-refractivity contribution is 5.93. The van der Waals surface area contributed by atoms with E-state index >= 15 is 0 Å². The summed E-state index contributed by atoms with van der Waals surface area (Å²) in [7, 11) is 1.56. The molecule has 0 fully saturated rings. The molecular formula is C30H36ClN3O2. The van der Waals surface area contributed by atoms with E-state index in [1.165, 1.54) is 16.7 Å². The van der Waals surface area contributed by atoms with E-state index in [2.05, 4.69) is 78.9 Å². The number of para-hydroxylation sites is 1. The van der Waals surface area contributed by atoms with Gasteiger partial charge in [-0.3, -0.25) is 4.98 Å². The number of hydrogen-bond acceptors (Lipinski definition) is 5. The number of pyridine rings is 1. The van der Waals surface area contributed by atoms with Crippen molar-refractivity contribution in [3.63, 3.8) is 0 Å². The Morgan fingerprint density at radius 2 is 1.67 bits per heavy atom. The van der Waals surface area contributed by atoms with Crippen molar-refractivity contribution in [1.82, 2.24) is 10.3 Å². The minimum atomic E-state index is 0. The zero-order chi connectivity index (χ0) is 24.8. The van der Waals surface area contributed by atoms with Crippen molar-refractivity contribution >= 4 is 29.0 Å². The van der Waals surface area contributed by atoms with Crippen molar-refractivity contribution in [2.45, 2.75) is 39.2 Å². The Morgan fingerprint density at radius 3 is 2.39 bits per heavy atom. The number of aromatic hydroxyl groups is 1. The van der Waals surface area contributed by atoms with Gasteiger partial charge in [0, 0.05) is 35.9 Å². The molecule has 0 spiro atoms. The Kier molecular flexibility index (Phi) is 9.19. The highest BCUT2D eigenvalue weighted by atomic mass is 35.5. The van der Waals surface area contributed by atoms with E-state index in [0.717, 1.165) is 41.7 Å². The number of rotatable bonds is 9. The Bertz CT molecular complexity index is 1280. The number of nitrogens with zero attached hydrogens (tertiary/aromatic N) is 1. The lowest BCUT2D eigenvalue weighted by Gasteiger charge is -2.19. The maximum atomic E-state index is 10.2. The average Bonchev–Trinajstić information content (AvgIpc) is 2.86. The van der Waals surface area contributed by atoms with Crippen LogP contribution in [0.25, 0.3) is 22.0 Å². The largest absolute Gasteiger partial charge is 0.504 e. The molecule has 1 heterocycles. The van der Waals surface area contributed by atoms with Crippen LogP contribution in [0.1, 0.15) is 38.3 Å². The van der Waals surface area contributed by atoms with Gasteiger partial charge in [-0.15, -0.1) is 12.4 Å². The number of nitrogens with one attached hydrogen (secondary N) is 2. The maximum absolute atomic E-state index is 10.2. The van der Waals surface area contributed by atoms with Crippen molar-refractivity contribution in [2.24, 2.45) is 0 Å². The molecule has 1 aromatic heterocycles. The van der Waals surface area contributed by atoms with E-state index in [0.29, 0.717) is 12.3 Å². The van der Waals surface area contributed by atoms with Crippen LogP contribution in [0.15, 0.2) is 72.9 Å². The molecule has 0 aliphatic carbocycles. The normalized spacial score (nSPS) is 11.2. The molecule has 0 saturated carbocycles. The molecule has 0 aliphatic rings. The van der Waals surface area contributed by atoms with Gasteiger partial charge in [-0.2, -0.15) is 0 Å². The average molecular weight is 506 g/mol. The fraction of sp³-hybridized carbons (Fsp3) is 0.300. The van der Waals surface area contributed by atoms with Gasteiger partial charge in [0.15, 0.2) is 11.5 Å². The molecule has 0 aliphatic heterocycles. The van der Waals surface area contributed by atoms with Gasteiger partial charge in [-0.25, -0.2) is 0 Å². The number of benzene rings is 3. The number of anilines is 1. The van der Waals surface area contributed by atoms with Gasteiger partial charge in [0.05, 0.1) is 12.6 Å². The van der Waals surface area contributed by atoms with Crippen LogP contribution in [-0.2, 0) is 12.0 Å². The van der Waals surface area contributed by atoms with Gasteiger partial charge in [-0.1, -0.05) is 69.3 Å². The summed E-state index contributed by atoms with van der Waals surface area (Å²) >= 11 is 0. The SMILES string of the molecule is COc1cccc(CNCCCNc2ccnc3cc(-c4ccc(C(C)(C)C)cc4)ccc23)c1O.Cl. The van der Waals surface area contributed by atoms with Gasteiger partial charge >= 0.3 is 0 Å². The minimum Gasteiger partial charge on any atom is -0.504 e. The first kappa shape index (κ1) is 27.3. The molecule has 0 amide bonds. The number of ether oxygens (including phenoxy) is 1. The lowest BCUT2D eigenvalue weighted by atomic mass is 9.86. The summed E-state index contributed by atoms with van der Waals surface area (Å²) in [5, 5.41) is 18.3. The van der Waals surface area contributed by atoms with Gasteiger partial charge in [0.2, 0.25) is 0 Å². The molecule has 6 heteroatoms. The highest BCUT2D eigenvalue weighted by Gasteiger charge is 2.13. The number of halogens is 1. The smallest absolute Gasteiger partial charge is 0.162 e. The lowest BCUT2D eigenvalue weighted by molar-refractivity contribution is 0.369. The van der Waals surface area contributed by atoms with E-state index in [-0.39, 0.29) is 23.6 Å². The summed E-state index contributed by atoms with van der Waals surface area (Å²) in [5.41, 5.74) is 6.77. The predicted molar refractivity (Wildman–Crippen MR) is 153 cm³/mol. The molecule has 4 rings (SSSR count). The topological polar surface area (TPSA) is 66.4 Å². The van der Waals surface area contributed by atoms with Crippen molar-refractivity contribution < 1.29 is 9.84 Å². The first-order valence-corrected chi connectivity index (χ1v) is 12.2. The highest BCUT2D eigenvalue weighted by Crippen LogP contribution is 2.30. The minimum absolute atomic E-state index is 0. The van der Waals surface area contributed by atoms with Crippen LogP contribution in [-0.4, -0.2) is 30.3 Å². The molecule has 3 N–H and O–H groups in total. The first-order chi connectivity index (χ1) is 16.9. The van der Waals surface area contributed by atoms with Crippen LogP contribution in [0.2, 0.25) is 0 Å². The van der Waals surface area contributed by atoms with Crippen molar-refractivity contribution in [2.75, 3.05) is 25.5 Å². The lowest BCUT2D eigenvalue weighted by Crippen LogP contribution is -2.17. The van der Waals surface area contributed by atoms with Crippen molar-refractivity contribution in [1.29, 1.82) is 0 Å². The number of hydrogen-bond donors (Lipinski definition) is 3. The van der Waals surface area contributed by atoms with Crippen LogP contribution >= 0.6 is 12.4 Å². The number of methoxy groups -OCH3 is 1. The van der Waals surface area contributed by atoms with Gasteiger partial charge < -0.3 is 20.5 Å². The number of phenolic OH excluding ortho intramolecular Hbond substituents is 1. The Balaban J connectivity index is 0.00000361. The molecule has 3 aromatic carbocycles. The second-order valence-corrected chi connectivity index (χ2v) is 9.84. The van der Waals surface area contributed by atoms with E-state index in [4.69, 9.17) is 4.74 Å². The molecule has 0 atom stereocenters. The summed E-state index contributed by atoms with van der Waals surface area (Å²) in [6.45, 7) is 8.97. The van der Waals surface area contributed by atoms with E-state index in [1.54, 1.807) is 13.2 Å². The zero-order valence-electron chi connectivity index (χ0n) is 21.5. The monoisotopic (exact) mass is 505 g/mol. The third-order valence-electron chi connectivity index (χ3n) is 6.29. The second kappa shape index (κ2) is 12.1. The molecule has 0 unspecified atom stereocenters. The third-order valence-corrected chi connectivity index (χ3v) is 6.29. The van der Waals surface area contributed by atoms with Crippen LogP contribution in [0, 0.1) is 0 Å². The second-order valence-electron chi connectivity index (χ2n) is 9.84. The summed E-state index contributed by atoms with van der Waals surface area (Å²) in [6, 6.07) is 22.9. The Morgan fingerprint density at radius 1 is 0.917 bits per heavy atom. The van der Waals surface area contributed by atoms with E-state index < -0.39 is 0 Å². The standard InChI is InChI=1S/C30H35N3O2.ClH/c1-30(2,3)24-12-9-21(10-13-24)22-11-14-25-26(15-18-33-27(25)19-22)32-17-6-16-31-20-23-7-5-8-28(35-4)29(23)34;/h5,7-15,18-19,31,34H,6,16-17,20H2,1-4H3,(H,32,33);1H. The third kappa shape index (κ3) is 6.48. The maximum Gasteiger partial charge on any atom is 0.162 e. The van der Waals surface area contributed by atoms with E-state index in [1.807, 2.05) is 24.4 Å². The molecule has 0 radical (unpaired) electrons. The molecule has 190 valence electrons. The molecule has 36 heavy (non-hydrogen) atoms. The number of phenols is 1. The van der Waals surface area contributed by atoms with Crippen molar-refractivity contribution in [3.05, 3.63) is 84.1 Å². The van der Waals surface area contributed by atoms with Crippen molar-refractivity contribution in [3.8, 4) is 22.6 Å². The first-order valence-electron chi connectivity index (χ1n) is 12.2. The summed E-state index contributed by atoms with van der Waals surface area (Å²) in [6.07, 6.45) is 2.81. The van der Waals surface area contributed by atoms with Crippen LogP contribution in [0.3, 0.4) is 0 Å². The van der Waals surface area contributed by atoms with Crippen LogP contribution in [0.5, 0.6) is 11.5 Å². The molecule has 4 aromatic rings. The molecule has 5 nitrogen and oxygen atoms in total. The summed E-state index contributed by atoms with van der Waals surface area (Å²) < 4.78 is 5.17. The Hall–Kier alpha value is -3.28. The molecule has 0 saturated heterocycles. The fourth-order valence-corrected chi connectivity index (χ4v) is 4.18. The molecular weight excluding hydrogens is 470 g/mol. The summed E-state index contributed by atoms with van der Waals surface area (Å²) in [5.74, 6) is 0.703. The van der Waals surface area contributed by atoms with Crippen LogP contribution in [0.4, 0.5) is 5.69 Å². The van der Waals surface area contributed by atoms with Gasteiger partial charge in [0.25, 0.3) is 0 Å².